The number of benzene rings is 1. The molecule has 2 aromatic rings. The zero-order valence-corrected chi connectivity index (χ0v) is 8.96. The first-order valence-electron chi connectivity index (χ1n) is 4.18. The quantitative estimate of drug-likeness (QED) is 0.725. The van der Waals surface area contributed by atoms with Crippen LogP contribution in [0.3, 0.4) is 0 Å². The zero-order valence-electron chi connectivity index (χ0n) is 7.31. The molecule has 2 rings (SSSR count). The number of aromatic nitrogens is 1. The minimum atomic E-state index is 0.648. The number of halogens is 1. The van der Waals surface area contributed by atoms with Crippen LogP contribution in [0.1, 0.15) is 0 Å². The van der Waals surface area contributed by atoms with Gasteiger partial charge in [-0.05, 0) is 18.2 Å². The summed E-state index contributed by atoms with van der Waals surface area (Å²) in [4.78, 5) is 5.01. The van der Waals surface area contributed by atoms with Gasteiger partial charge < -0.3 is 0 Å². The second-order valence-corrected chi connectivity index (χ2v) is 3.71. The average molecular weight is 222 g/mol. The third-order valence-electron chi connectivity index (χ3n) is 1.92. The topological polar surface area (TPSA) is 12.9 Å². The van der Waals surface area contributed by atoms with E-state index in [1.54, 1.807) is 6.20 Å². The molecule has 0 aliphatic carbocycles. The first kappa shape index (κ1) is 9.56. The van der Waals surface area contributed by atoms with Crippen molar-refractivity contribution < 1.29 is 0 Å². The van der Waals surface area contributed by atoms with Gasteiger partial charge in [0.05, 0.1) is 10.7 Å². The van der Waals surface area contributed by atoms with E-state index < -0.39 is 0 Å². The number of rotatable bonds is 1. The van der Waals surface area contributed by atoms with Crippen molar-refractivity contribution in [2.24, 2.45) is 0 Å². The summed E-state index contributed by atoms with van der Waals surface area (Å²) < 4.78 is 0. The van der Waals surface area contributed by atoms with E-state index in [1.807, 2.05) is 36.4 Å². The third-order valence-corrected chi connectivity index (χ3v) is 2.83. The van der Waals surface area contributed by atoms with Crippen LogP contribution in [0.5, 0.6) is 0 Å². The van der Waals surface area contributed by atoms with Crippen molar-refractivity contribution in [1.82, 2.24) is 4.98 Å². The molecule has 0 spiro atoms. The van der Waals surface area contributed by atoms with Crippen LogP contribution in [-0.2, 0) is 0 Å². The molecular weight excluding hydrogens is 214 g/mol. The maximum Gasteiger partial charge on any atom is 0.0717 e. The fourth-order valence-electron chi connectivity index (χ4n) is 1.24. The third kappa shape index (κ3) is 1.76. The molecule has 0 N–H and O–H groups in total. The number of hydrogen-bond acceptors (Lipinski definition) is 2. The second-order valence-electron chi connectivity index (χ2n) is 2.85. The van der Waals surface area contributed by atoms with Crippen molar-refractivity contribution in [3.63, 3.8) is 0 Å². The lowest BCUT2D eigenvalue weighted by Gasteiger charge is -2.04. The Kier molecular flexibility index (Phi) is 2.75. The largest absolute Gasteiger partial charge is 0.256 e. The van der Waals surface area contributed by atoms with E-state index in [9.17, 15) is 0 Å². The standard InChI is InChI=1S/C11H8ClNS/c12-11-8(4-3-6-10(11)14)9-5-1-2-7-13-9/h1-7,14H. The minimum absolute atomic E-state index is 0.648. The van der Waals surface area contributed by atoms with E-state index in [2.05, 4.69) is 17.6 Å². The highest BCUT2D eigenvalue weighted by Crippen LogP contribution is 2.30. The van der Waals surface area contributed by atoms with E-state index in [0.29, 0.717) is 5.02 Å². The summed E-state index contributed by atoms with van der Waals surface area (Å²) in [5, 5.41) is 0.648. The Morgan fingerprint density at radius 1 is 1.07 bits per heavy atom. The maximum absolute atomic E-state index is 6.11. The molecule has 1 heterocycles. The second kappa shape index (κ2) is 4.03. The smallest absolute Gasteiger partial charge is 0.0717 e. The maximum atomic E-state index is 6.11. The van der Waals surface area contributed by atoms with Gasteiger partial charge in [-0.3, -0.25) is 4.98 Å². The molecule has 70 valence electrons. The number of pyridine rings is 1. The first-order chi connectivity index (χ1) is 6.79. The summed E-state index contributed by atoms with van der Waals surface area (Å²) >= 11 is 10.4. The molecule has 14 heavy (non-hydrogen) atoms. The Balaban J connectivity index is 2.58. The van der Waals surface area contributed by atoms with Gasteiger partial charge in [0.25, 0.3) is 0 Å². The number of thiol groups is 1. The molecule has 3 heteroatoms. The Morgan fingerprint density at radius 2 is 1.93 bits per heavy atom. The van der Waals surface area contributed by atoms with Crippen molar-refractivity contribution in [2.75, 3.05) is 0 Å². The molecule has 0 amide bonds. The molecule has 1 aromatic carbocycles. The van der Waals surface area contributed by atoms with Gasteiger partial charge in [0.1, 0.15) is 0 Å². The predicted molar refractivity (Wildman–Crippen MR) is 61.9 cm³/mol. The molecule has 0 radical (unpaired) electrons. The van der Waals surface area contributed by atoms with Crippen molar-refractivity contribution in [3.8, 4) is 11.3 Å². The van der Waals surface area contributed by atoms with E-state index >= 15 is 0 Å². The number of nitrogens with zero attached hydrogens (tertiary/aromatic N) is 1. The predicted octanol–water partition coefficient (Wildman–Crippen LogP) is 3.69. The van der Waals surface area contributed by atoms with Gasteiger partial charge in [-0.15, -0.1) is 12.6 Å². The molecule has 0 bridgehead atoms. The molecule has 0 aliphatic heterocycles. The molecule has 1 nitrogen and oxygen atoms in total. The van der Waals surface area contributed by atoms with Crippen LogP contribution in [0.2, 0.25) is 5.02 Å². The summed E-state index contributed by atoms with van der Waals surface area (Å²) in [7, 11) is 0. The van der Waals surface area contributed by atoms with E-state index in [4.69, 9.17) is 11.6 Å². The molecule has 0 unspecified atom stereocenters. The van der Waals surface area contributed by atoms with Crippen molar-refractivity contribution >= 4 is 24.2 Å². The van der Waals surface area contributed by atoms with Gasteiger partial charge >= 0.3 is 0 Å². The van der Waals surface area contributed by atoms with Crippen molar-refractivity contribution in [3.05, 3.63) is 47.6 Å². The monoisotopic (exact) mass is 221 g/mol. The van der Waals surface area contributed by atoms with E-state index in [-0.39, 0.29) is 0 Å². The SMILES string of the molecule is Sc1cccc(-c2ccccn2)c1Cl. The molecular formula is C11H8ClNS. The normalized spacial score (nSPS) is 10.1. The highest BCUT2D eigenvalue weighted by molar-refractivity contribution is 7.80. The molecule has 0 saturated heterocycles. The van der Waals surface area contributed by atoms with Crippen LogP contribution in [0.4, 0.5) is 0 Å². The van der Waals surface area contributed by atoms with Crippen LogP contribution in [0, 0.1) is 0 Å². The van der Waals surface area contributed by atoms with Crippen molar-refractivity contribution in [2.45, 2.75) is 4.90 Å². The van der Waals surface area contributed by atoms with Crippen LogP contribution >= 0.6 is 24.2 Å². The first-order valence-corrected chi connectivity index (χ1v) is 5.00. The van der Waals surface area contributed by atoms with Gasteiger partial charge in [0, 0.05) is 16.7 Å². The zero-order chi connectivity index (χ0) is 9.97. The lowest BCUT2D eigenvalue weighted by molar-refractivity contribution is 1.31. The van der Waals surface area contributed by atoms with Gasteiger partial charge in [0.15, 0.2) is 0 Å². The lowest BCUT2D eigenvalue weighted by Crippen LogP contribution is -1.83. The minimum Gasteiger partial charge on any atom is -0.256 e. The van der Waals surface area contributed by atoms with Crippen LogP contribution < -0.4 is 0 Å². The summed E-state index contributed by atoms with van der Waals surface area (Å²) in [5.41, 5.74) is 1.79. The van der Waals surface area contributed by atoms with Gasteiger partial charge in [-0.2, -0.15) is 0 Å². The Hall–Kier alpha value is -0.990. The van der Waals surface area contributed by atoms with Crippen molar-refractivity contribution in [1.29, 1.82) is 0 Å². The van der Waals surface area contributed by atoms with Crippen LogP contribution in [0.15, 0.2) is 47.5 Å². The van der Waals surface area contributed by atoms with E-state index in [1.165, 1.54) is 0 Å². The Bertz CT molecular complexity index is 442. The molecule has 0 aliphatic rings. The summed E-state index contributed by atoms with van der Waals surface area (Å²) in [6.45, 7) is 0. The fourth-order valence-corrected chi connectivity index (χ4v) is 1.67. The summed E-state index contributed by atoms with van der Waals surface area (Å²) in [5.74, 6) is 0. The van der Waals surface area contributed by atoms with Gasteiger partial charge in [-0.1, -0.05) is 29.8 Å². The highest BCUT2D eigenvalue weighted by Gasteiger charge is 2.05. The molecule has 1 aromatic heterocycles. The highest BCUT2D eigenvalue weighted by atomic mass is 35.5. The molecule has 0 saturated carbocycles. The lowest BCUT2D eigenvalue weighted by atomic mass is 10.1. The Labute approximate surface area is 93.2 Å². The van der Waals surface area contributed by atoms with E-state index in [0.717, 1.165) is 16.2 Å². The molecule has 0 fully saturated rings. The summed E-state index contributed by atoms with van der Waals surface area (Å²) in [6, 6.07) is 11.4. The molecule has 0 atom stereocenters. The summed E-state index contributed by atoms with van der Waals surface area (Å²) in [6.07, 6.45) is 1.75. The fraction of sp³-hybridized carbons (Fsp3) is 0. The van der Waals surface area contributed by atoms with Gasteiger partial charge in [-0.25, -0.2) is 0 Å². The number of hydrogen-bond donors (Lipinski definition) is 1. The Morgan fingerprint density at radius 3 is 2.64 bits per heavy atom. The van der Waals surface area contributed by atoms with Crippen LogP contribution in [-0.4, -0.2) is 4.98 Å². The average Bonchev–Trinajstić information content (AvgIpc) is 2.23. The van der Waals surface area contributed by atoms with Crippen LogP contribution in [0.25, 0.3) is 11.3 Å². The van der Waals surface area contributed by atoms with Gasteiger partial charge in [0.2, 0.25) is 0 Å².